The Hall–Kier alpha value is -1.58. The monoisotopic (exact) mass is 220 g/mol. The third-order valence-electron chi connectivity index (χ3n) is 3.07. The molecule has 0 amide bonds. The fourth-order valence-electron chi connectivity index (χ4n) is 2.01. The Bertz CT molecular complexity index is 388. The van der Waals surface area contributed by atoms with Gasteiger partial charge in [-0.05, 0) is 31.2 Å². The van der Waals surface area contributed by atoms with Gasteiger partial charge >= 0.3 is 0 Å². The van der Waals surface area contributed by atoms with E-state index >= 15 is 0 Å². The third-order valence-corrected chi connectivity index (χ3v) is 3.07. The highest BCUT2D eigenvalue weighted by Crippen LogP contribution is 2.36. The average molecular weight is 220 g/mol. The summed E-state index contributed by atoms with van der Waals surface area (Å²) in [4.78, 5) is 10.5. The first-order valence-electron chi connectivity index (χ1n) is 5.72. The van der Waals surface area contributed by atoms with Crippen LogP contribution in [0.1, 0.15) is 26.2 Å². The molecule has 4 nitrogen and oxygen atoms in total. The Balaban J connectivity index is 2.15. The lowest BCUT2D eigenvalue weighted by atomic mass is 10.1. The molecule has 0 bridgehead atoms. The Morgan fingerprint density at radius 2 is 2.19 bits per heavy atom. The second-order valence-electron chi connectivity index (χ2n) is 4.27. The number of hydrogen-bond acceptors (Lipinski definition) is 3. The van der Waals surface area contributed by atoms with Gasteiger partial charge in [0.2, 0.25) is 0 Å². The van der Waals surface area contributed by atoms with Crippen molar-refractivity contribution in [1.29, 1.82) is 0 Å². The maximum absolute atomic E-state index is 10.8. The number of nitrogens with one attached hydrogen (secondary N) is 1. The van der Waals surface area contributed by atoms with Gasteiger partial charge in [-0.3, -0.25) is 10.1 Å². The highest BCUT2D eigenvalue weighted by atomic mass is 16.6. The number of rotatable bonds is 5. The topological polar surface area (TPSA) is 55.2 Å². The van der Waals surface area contributed by atoms with Gasteiger partial charge < -0.3 is 5.32 Å². The van der Waals surface area contributed by atoms with Gasteiger partial charge in [0.1, 0.15) is 5.69 Å². The molecule has 1 aliphatic carbocycles. The quantitative estimate of drug-likeness (QED) is 0.612. The maximum atomic E-state index is 10.8. The van der Waals surface area contributed by atoms with Crippen LogP contribution in [0.25, 0.3) is 0 Å². The largest absolute Gasteiger partial charge is 0.376 e. The molecule has 1 aliphatic rings. The summed E-state index contributed by atoms with van der Waals surface area (Å²) in [7, 11) is 0. The summed E-state index contributed by atoms with van der Waals surface area (Å²) >= 11 is 0. The molecular formula is C12H16N2O2. The lowest BCUT2D eigenvalue weighted by Crippen LogP contribution is -2.21. The number of hydrogen-bond donors (Lipinski definition) is 1. The van der Waals surface area contributed by atoms with E-state index in [1.54, 1.807) is 18.2 Å². The Labute approximate surface area is 94.8 Å². The van der Waals surface area contributed by atoms with E-state index in [1.807, 2.05) is 6.07 Å². The van der Waals surface area contributed by atoms with Crippen molar-refractivity contribution in [1.82, 2.24) is 0 Å². The van der Waals surface area contributed by atoms with Crippen LogP contribution < -0.4 is 5.32 Å². The molecule has 1 aromatic rings. The van der Waals surface area contributed by atoms with Crippen molar-refractivity contribution in [2.45, 2.75) is 32.2 Å². The van der Waals surface area contributed by atoms with E-state index in [9.17, 15) is 10.1 Å². The molecule has 0 radical (unpaired) electrons. The van der Waals surface area contributed by atoms with Crippen LogP contribution in [0, 0.1) is 16.0 Å². The smallest absolute Gasteiger partial charge is 0.292 e. The summed E-state index contributed by atoms with van der Waals surface area (Å²) < 4.78 is 0. The molecule has 0 saturated heterocycles. The van der Waals surface area contributed by atoms with Gasteiger partial charge in [-0.25, -0.2) is 0 Å². The normalized spacial score (nSPS) is 16.8. The fourth-order valence-corrected chi connectivity index (χ4v) is 2.01. The molecule has 0 aromatic heterocycles. The summed E-state index contributed by atoms with van der Waals surface area (Å²) in [5.41, 5.74) is 0.813. The van der Waals surface area contributed by atoms with Crippen LogP contribution in [0.15, 0.2) is 24.3 Å². The highest BCUT2D eigenvalue weighted by molar-refractivity contribution is 5.61. The molecule has 1 unspecified atom stereocenters. The van der Waals surface area contributed by atoms with Crippen molar-refractivity contribution in [2.24, 2.45) is 5.92 Å². The van der Waals surface area contributed by atoms with Gasteiger partial charge in [-0.2, -0.15) is 0 Å². The zero-order valence-corrected chi connectivity index (χ0v) is 9.35. The van der Waals surface area contributed by atoms with E-state index in [2.05, 4.69) is 12.2 Å². The molecule has 2 rings (SSSR count). The van der Waals surface area contributed by atoms with Crippen molar-refractivity contribution in [3.8, 4) is 0 Å². The first-order valence-corrected chi connectivity index (χ1v) is 5.72. The van der Waals surface area contributed by atoms with Gasteiger partial charge in [-0.1, -0.05) is 19.1 Å². The van der Waals surface area contributed by atoms with Crippen LogP contribution in [0.4, 0.5) is 11.4 Å². The van der Waals surface area contributed by atoms with Crippen molar-refractivity contribution >= 4 is 11.4 Å². The number of benzene rings is 1. The van der Waals surface area contributed by atoms with Crippen molar-refractivity contribution in [3.63, 3.8) is 0 Å². The Morgan fingerprint density at radius 3 is 2.75 bits per heavy atom. The standard InChI is InChI=1S/C12H16N2O2/c1-2-10(9-7-8-9)13-11-5-3-4-6-12(11)14(15)16/h3-6,9-10,13H,2,7-8H2,1H3. The molecule has 1 N–H and O–H groups in total. The molecule has 1 saturated carbocycles. The summed E-state index contributed by atoms with van der Waals surface area (Å²) in [5.74, 6) is 0.699. The molecular weight excluding hydrogens is 204 g/mol. The van der Waals surface area contributed by atoms with E-state index in [0.29, 0.717) is 17.6 Å². The van der Waals surface area contributed by atoms with E-state index in [4.69, 9.17) is 0 Å². The predicted octanol–water partition coefficient (Wildman–Crippen LogP) is 3.20. The van der Waals surface area contributed by atoms with Crippen LogP contribution in [-0.2, 0) is 0 Å². The zero-order valence-electron chi connectivity index (χ0n) is 9.35. The molecule has 16 heavy (non-hydrogen) atoms. The van der Waals surface area contributed by atoms with Crippen LogP contribution >= 0.6 is 0 Å². The Morgan fingerprint density at radius 1 is 1.50 bits per heavy atom. The van der Waals surface area contributed by atoms with Crippen molar-refractivity contribution in [2.75, 3.05) is 5.32 Å². The molecule has 1 aromatic carbocycles. The van der Waals surface area contributed by atoms with Gasteiger partial charge in [-0.15, -0.1) is 0 Å². The number of para-hydroxylation sites is 2. The van der Waals surface area contributed by atoms with Crippen LogP contribution in [0.3, 0.4) is 0 Å². The molecule has 1 atom stereocenters. The Kier molecular flexibility index (Phi) is 3.08. The summed E-state index contributed by atoms with van der Waals surface area (Å²) in [5, 5.41) is 14.1. The van der Waals surface area contributed by atoms with Gasteiger partial charge in [0.15, 0.2) is 0 Å². The second-order valence-corrected chi connectivity index (χ2v) is 4.27. The van der Waals surface area contributed by atoms with Crippen molar-refractivity contribution < 1.29 is 4.92 Å². The van der Waals surface area contributed by atoms with Crippen LogP contribution in [0.5, 0.6) is 0 Å². The first kappa shape index (κ1) is 10.9. The van der Waals surface area contributed by atoms with Gasteiger partial charge in [0, 0.05) is 12.1 Å². The van der Waals surface area contributed by atoms with Crippen molar-refractivity contribution in [3.05, 3.63) is 34.4 Å². The van der Waals surface area contributed by atoms with E-state index < -0.39 is 0 Å². The molecule has 0 spiro atoms. The number of anilines is 1. The minimum absolute atomic E-state index is 0.168. The molecule has 86 valence electrons. The summed E-state index contributed by atoms with van der Waals surface area (Å²) in [6.07, 6.45) is 3.50. The highest BCUT2D eigenvalue weighted by Gasteiger charge is 2.30. The van der Waals surface area contributed by atoms with Crippen LogP contribution in [0.2, 0.25) is 0 Å². The van der Waals surface area contributed by atoms with E-state index in [0.717, 1.165) is 6.42 Å². The zero-order chi connectivity index (χ0) is 11.5. The van der Waals surface area contributed by atoms with Crippen LogP contribution in [-0.4, -0.2) is 11.0 Å². The SMILES string of the molecule is CCC(Nc1ccccc1[N+](=O)[O-])C1CC1. The lowest BCUT2D eigenvalue weighted by molar-refractivity contribution is -0.384. The molecule has 1 fully saturated rings. The van der Waals surface area contributed by atoms with E-state index in [1.165, 1.54) is 12.8 Å². The molecule has 4 heteroatoms. The minimum atomic E-state index is -0.331. The number of nitrogens with zero attached hydrogens (tertiary/aromatic N) is 1. The summed E-state index contributed by atoms with van der Waals surface area (Å²) in [6, 6.07) is 7.22. The van der Waals surface area contributed by atoms with Gasteiger partial charge in [0.05, 0.1) is 4.92 Å². The third kappa shape index (κ3) is 2.32. The number of nitro groups is 1. The van der Waals surface area contributed by atoms with Gasteiger partial charge in [0.25, 0.3) is 5.69 Å². The maximum Gasteiger partial charge on any atom is 0.292 e. The summed E-state index contributed by atoms with van der Waals surface area (Å²) in [6.45, 7) is 2.12. The minimum Gasteiger partial charge on any atom is -0.376 e. The fraction of sp³-hybridized carbons (Fsp3) is 0.500. The average Bonchev–Trinajstić information content (AvgIpc) is 3.10. The number of nitro benzene ring substituents is 1. The molecule has 0 aliphatic heterocycles. The first-order chi connectivity index (χ1) is 7.72. The second kappa shape index (κ2) is 4.51. The molecule has 0 heterocycles. The lowest BCUT2D eigenvalue weighted by Gasteiger charge is -2.17. The predicted molar refractivity (Wildman–Crippen MR) is 63.5 cm³/mol. The van der Waals surface area contributed by atoms with E-state index in [-0.39, 0.29) is 10.6 Å².